The molecule has 94 valence electrons. The second-order valence-electron chi connectivity index (χ2n) is 4.21. The summed E-state index contributed by atoms with van der Waals surface area (Å²) in [5.74, 6) is 0.161. The van der Waals surface area contributed by atoms with Crippen LogP contribution in [0.3, 0.4) is 0 Å². The second kappa shape index (κ2) is 5.21. The van der Waals surface area contributed by atoms with Crippen molar-refractivity contribution in [1.82, 2.24) is 0 Å². The average molecular weight is 234 g/mol. The predicted octanol–water partition coefficient (Wildman–Crippen LogP) is 3.27. The fraction of sp³-hybridized carbons (Fsp3) is 0.500. The summed E-state index contributed by atoms with van der Waals surface area (Å²) in [6.45, 7) is 5.01. The highest BCUT2D eigenvalue weighted by molar-refractivity contribution is 6.03. The minimum atomic E-state index is 0. The van der Waals surface area contributed by atoms with E-state index in [1.54, 1.807) is 0 Å². The van der Waals surface area contributed by atoms with Crippen molar-refractivity contribution in [3.05, 3.63) is 24.3 Å². The Morgan fingerprint density at radius 2 is 2.06 bits per heavy atom. The van der Waals surface area contributed by atoms with Crippen molar-refractivity contribution in [2.45, 2.75) is 39.2 Å². The van der Waals surface area contributed by atoms with Gasteiger partial charge in [-0.2, -0.15) is 0 Å². The van der Waals surface area contributed by atoms with Crippen LogP contribution < -0.4 is 10.2 Å². The molecular formula is C14H22N2O. The fourth-order valence-electron chi connectivity index (χ4n) is 2.54. The third-order valence-electron chi connectivity index (χ3n) is 3.28. The van der Waals surface area contributed by atoms with Crippen LogP contribution in [0.15, 0.2) is 24.3 Å². The molecule has 3 rings (SSSR count). The lowest BCUT2D eigenvalue weighted by molar-refractivity contribution is -0.118. The molecule has 0 spiro atoms. The summed E-state index contributed by atoms with van der Waals surface area (Å²) in [5.41, 5.74) is 2.14. The van der Waals surface area contributed by atoms with Gasteiger partial charge in [-0.15, -0.1) is 0 Å². The fourth-order valence-corrected chi connectivity index (χ4v) is 2.54. The zero-order valence-corrected chi connectivity index (χ0v) is 10.6. The molecule has 2 aliphatic rings. The van der Waals surface area contributed by atoms with Gasteiger partial charge in [-0.1, -0.05) is 26.0 Å². The van der Waals surface area contributed by atoms with E-state index >= 15 is 0 Å². The number of rotatable bonds is 0. The molecular weight excluding hydrogens is 212 g/mol. The minimum Gasteiger partial charge on any atom is -0.358 e. The molecule has 0 radical (unpaired) electrons. The number of hydrogen-bond acceptors (Lipinski definition) is 2. The van der Waals surface area contributed by atoms with Gasteiger partial charge in [0.15, 0.2) is 0 Å². The van der Waals surface area contributed by atoms with Crippen molar-refractivity contribution in [1.29, 1.82) is 0 Å². The van der Waals surface area contributed by atoms with Gasteiger partial charge in [0.25, 0.3) is 0 Å². The molecule has 1 N–H and O–H groups in total. The third kappa shape index (κ3) is 2.14. The van der Waals surface area contributed by atoms with E-state index in [0.29, 0.717) is 0 Å². The Morgan fingerprint density at radius 3 is 2.88 bits per heavy atom. The summed E-state index contributed by atoms with van der Waals surface area (Å²) in [6.07, 6.45) is 3.34. The molecule has 3 nitrogen and oxygen atoms in total. The van der Waals surface area contributed by atoms with Crippen LogP contribution >= 0.6 is 0 Å². The monoisotopic (exact) mass is 234 g/mol. The van der Waals surface area contributed by atoms with Gasteiger partial charge in [0.05, 0.1) is 11.4 Å². The van der Waals surface area contributed by atoms with E-state index in [2.05, 4.69) is 16.3 Å². The number of hydrogen-bond donors (Lipinski definition) is 1. The van der Waals surface area contributed by atoms with E-state index in [1.165, 1.54) is 12.1 Å². The standard InChI is InChI=1S/C12H14N2O.C2H6.H2/c15-12-11-7-3-4-8-14(11)10-6-2-1-5-9(10)13-12;1-2;/h1-2,5-6,11H,3-4,7-8H2,(H,13,15);1-2H3;1H. The van der Waals surface area contributed by atoms with E-state index < -0.39 is 0 Å². The Morgan fingerprint density at radius 1 is 1.29 bits per heavy atom. The molecule has 0 saturated carbocycles. The molecule has 2 aliphatic heterocycles. The van der Waals surface area contributed by atoms with Crippen molar-refractivity contribution < 1.29 is 6.22 Å². The van der Waals surface area contributed by atoms with Crippen LogP contribution in [0.25, 0.3) is 0 Å². The number of benzene rings is 1. The highest BCUT2D eigenvalue weighted by Crippen LogP contribution is 2.35. The van der Waals surface area contributed by atoms with Crippen LogP contribution in [0, 0.1) is 0 Å². The lowest BCUT2D eigenvalue weighted by Gasteiger charge is -2.40. The van der Waals surface area contributed by atoms with E-state index in [1.807, 2.05) is 32.0 Å². The number of carbonyl (C=O) groups is 1. The SMILES string of the molecule is CC.O=C1Nc2ccccc2N2CCCCC12.[HH]. The average Bonchev–Trinajstić information content (AvgIpc) is 2.42. The Labute approximate surface area is 104 Å². The minimum absolute atomic E-state index is 0. The van der Waals surface area contributed by atoms with Crippen molar-refractivity contribution in [3.8, 4) is 0 Å². The van der Waals surface area contributed by atoms with Crippen molar-refractivity contribution >= 4 is 17.3 Å². The molecule has 1 unspecified atom stereocenters. The van der Waals surface area contributed by atoms with E-state index in [9.17, 15) is 4.79 Å². The van der Waals surface area contributed by atoms with Gasteiger partial charge in [-0.05, 0) is 31.4 Å². The van der Waals surface area contributed by atoms with Gasteiger partial charge in [0.1, 0.15) is 6.04 Å². The number of piperidine rings is 1. The summed E-state index contributed by atoms with van der Waals surface area (Å²) in [5, 5.41) is 2.98. The first-order valence-corrected chi connectivity index (χ1v) is 6.53. The highest BCUT2D eigenvalue weighted by Gasteiger charge is 2.33. The number of fused-ring (bicyclic) bond motifs is 3. The molecule has 1 amide bonds. The highest BCUT2D eigenvalue weighted by atomic mass is 16.2. The van der Waals surface area contributed by atoms with Gasteiger partial charge in [-0.3, -0.25) is 4.79 Å². The molecule has 1 aromatic rings. The summed E-state index contributed by atoms with van der Waals surface area (Å²) in [4.78, 5) is 14.1. The Hall–Kier alpha value is -1.51. The maximum absolute atomic E-state index is 11.8. The topological polar surface area (TPSA) is 32.3 Å². The van der Waals surface area contributed by atoms with Gasteiger partial charge in [0, 0.05) is 7.97 Å². The first-order valence-electron chi connectivity index (χ1n) is 6.53. The Bertz CT molecular complexity index is 409. The van der Waals surface area contributed by atoms with Crippen LogP contribution in [0.1, 0.15) is 34.5 Å². The number of amides is 1. The smallest absolute Gasteiger partial charge is 0.247 e. The lowest BCUT2D eigenvalue weighted by Crippen LogP contribution is -2.50. The first kappa shape index (κ1) is 12.0. The second-order valence-corrected chi connectivity index (χ2v) is 4.21. The normalized spacial score (nSPS) is 21.6. The molecule has 3 heteroatoms. The maximum Gasteiger partial charge on any atom is 0.247 e. The van der Waals surface area contributed by atoms with Gasteiger partial charge in [0.2, 0.25) is 5.91 Å². The molecule has 1 atom stereocenters. The number of nitrogens with zero attached hydrogens (tertiary/aromatic N) is 1. The molecule has 0 aliphatic carbocycles. The van der Waals surface area contributed by atoms with Gasteiger partial charge < -0.3 is 10.2 Å². The maximum atomic E-state index is 11.8. The van der Waals surface area contributed by atoms with E-state index in [4.69, 9.17) is 0 Å². The van der Waals surface area contributed by atoms with Crippen molar-refractivity contribution in [3.63, 3.8) is 0 Å². The third-order valence-corrected chi connectivity index (χ3v) is 3.28. The quantitative estimate of drug-likeness (QED) is 0.747. The van der Waals surface area contributed by atoms with Gasteiger partial charge in [-0.25, -0.2) is 0 Å². The molecule has 0 aromatic heterocycles. The number of para-hydroxylation sites is 2. The van der Waals surface area contributed by atoms with Crippen LogP contribution in [0.2, 0.25) is 0 Å². The van der Waals surface area contributed by atoms with E-state index in [-0.39, 0.29) is 13.4 Å². The predicted molar refractivity (Wildman–Crippen MR) is 73.5 cm³/mol. The Kier molecular flexibility index (Phi) is 3.67. The molecule has 1 saturated heterocycles. The summed E-state index contributed by atoms with van der Waals surface area (Å²) < 4.78 is 0. The van der Waals surface area contributed by atoms with Crippen LogP contribution in [0.4, 0.5) is 11.4 Å². The first-order chi connectivity index (χ1) is 8.36. The molecule has 0 bridgehead atoms. The zero-order chi connectivity index (χ0) is 12.3. The number of anilines is 2. The molecule has 1 aromatic carbocycles. The summed E-state index contributed by atoms with van der Waals surface area (Å²) in [6, 6.07) is 8.12. The van der Waals surface area contributed by atoms with Crippen molar-refractivity contribution in [2.75, 3.05) is 16.8 Å². The van der Waals surface area contributed by atoms with Gasteiger partial charge >= 0.3 is 0 Å². The van der Waals surface area contributed by atoms with Crippen molar-refractivity contribution in [2.24, 2.45) is 0 Å². The summed E-state index contributed by atoms with van der Waals surface area (Å²) >= 11 is 0. The lowest BCUT2D eigenvalue weighted by atomic mass is 9.97. The molecule has 1 fully saturated rings. The van der Waals surface area contributed by atoms with Crippen LogP contribution in [-0.2, 0) is 4.79 Å². The van der Waals surface area contributed by atoms with E-state index in [0.717, 1.165) is 25.1 Å². The number of nitrogens with one attached hydrogen (secondary N) is 1. The largest absolute Gasteiger partial charge is 0.358 e. The van der Waals surface area contributed by atoms with Crippen LogP contribution in [0.5, 0.6) is 0 Å². The summed E-state index contributed by atoms with van der Waals surface area (Å²) in [7, 11) is 0. The van der Waals surface area contributed by atoms with Crippen LogP contribution in [-0.4, -0.2) is 18.5 Å². The zero-order valence-electron chi connectivity index (χ0n) is 10.6. The molecule has 2 heterocycles. The Balaban J connectivity index is 0.000000516. The molecule has 17 heavy (non-hydrogen) atoms. The number of carbonyl (C=O) groups excluding carboxylic acids is 1.